The Morgan fingerprint density at radius 3 is 1.60 bits per heavy atom. The maximum atomic E-state index is 6.09. The standard InChI is InChI=1S/C48H37NO2.C6H7N/c1-50-46-28-26-37(31-36(46)30-34-16-6-3-7-17-34)48(44-24-14-12-22-40(44)41-23-13-15-25-45(41)48)38-27-29-47(51-2)42(32-38)43(35-18-8-4-9-19-35)33-49-39-20-10-5-11-21-39;7-6-4-2-1-3-5-6/h3-29,31-32H,30H2,1-2H3;1-5H,7H2. The van der Waals surface area contributed by atoms with Gasteiger partial charge in [0, 0.05) is 17.7 Å². The highest BCUT2D eigenvalue weighted by molar-refractivity contribution is 6.01. The maximum absolute atomic E-state index is 6.09. The number of rotatable bonds is 9. The highest BCUT2D eigenvalue weighted by atomic mass is 16.5. The molecule has 4 nitrogen and oxygen atoms in total. The molecule has 1 aliphatic rings. The zero-order valence-electron chi connectivity index (χ0n) is 32.7. The van der Waals surface area contributed by atoms with Crippen LogP contribution in [0.25, 0.3) is 16.7 Å². The third kappa shape index (κ3) is 7.45. The van der Waals surface area contributed by atoms with Crippen LogP contribution in [0.3, 0.4) is 0 Å². The third-order valence-electron chi connectivity index (χ3n) is 10.7. The van der Waals surface area contributed by atoms with Crippen LogP contribution >= 0.6 is 0 Å². The summed E-state index contributed by atoms with van der Waals surface area (Å²) < 4.78 is 12.1. The minimum atomic E-state index is -0.635. The Labute approximate surface area is 341 Å². The number of fused-ring (bicyclic) bond motifs is 3. The van der Waals surface area contributed by atoms with Gasteiger partial charge in [0.25, 0.3) is 0 Å². The lowest BCUT2D eigenvalue weighted by atomic mass is 9.67. The van der Waals surface area contributed by atoms with Gasteiger partial charge in [-0.3, -0.25) is 0 Å². The number of ether oxygens (including phenoxy) is 2. The fraction of sp³-hybridized carbons (Fsp3) is 0.0741. The Bertz CT molecular complexity index is 2660. The molecule has 4 heteroatoms. The SMILES string of the molecule is COc1ccc(C2(c3ccc(OC)c(C(=C=Nc4ccccc4)c4ccccc4)c3)c3ccccc3-c3ccccc32)cc1Cc1ccccc1.Nc1ccccc1. The molecular weight excluding hydrogens is 709 g/mol. The second-order valence-corrected chi connectivity index (χ2v) is 14.2. The zero-order chi connectivity index (χ0) is 39.7. The first-order valence-corrected chi connectivity index (χ1v) is 19.4. The van der Waals surface area contributed by atoms with Crippen LogP contribution < -0.4 is 15.2 Å². The van der Waals surface area contributed by atoms with Gasteiger partial charge in [-0.25, -0.2) is 4.99 Å². The minimum absolute atomic E-state index is 0.635. The molecule has 0 spiro atoms. The van der Waals surface area contributed by atoms with E-state index in [9.17, 15) is 0 Å². The van der Waals surface area contributed by atoms with E-state index in [-0.39, 0.29) is 0 Å². The first-order valence-electron chi connectivity index (χ1n) is 19.4. The van der Waals surface area contributed by atoms with Gasteiger partial charge in [-0.2, -0.15) is 0 Å². The van der Waals surface area contributed by atoms with Crippen LogP contribution in [0.5, 0.6) is 11.5 Å². The Morgan fingerprint density at radius 2 is 1.03 bits per heavy atom. The number of hydrogen-bond donors (Lipinski definition) is 1. The second kappa shape index (κ2) is 17.2. The lowest BCUT2D eigenvalue weighted by Crippen LogP contribution is -2.29. The molecule has 0 bridgehead atoms. The number of nitrogens with two attached hydrogens (primary N) is 1. The fourth-order valence-electron chi connectivity index (χ4n) is 8.09. The van der Waals surface area contributed by atoms with E-state index in [1.54, 1.807) is 14.2 Å². The van der Waals surface area contributed by atoms with E-state index < -0.39 is 5.41 Å². The molecule has 58 heavy (non-hydrogen) atoms. The molecular formula is C54H44N2O2. The molecule has 0 atom stereocenters. The van der Waals surface area contributed by atoms with Gasteiger partial charge in [-0.1, -0.05) is 164 Å². The van der Waals surface area contributed by atoms with Crippen LogP contribution in [0.15, 0.2) is 211 Å². The first kappa shape index (κ1) is 37.5. The van der Waals surface area contributed by atoms with Crippen molar-refractivity contribution >= 4 is 22.8 Å². The number of anilines is 1. The highest BCUT2D eigenvalue weighted by Crippen LogP contribution is 2.57. The van der Waals surface area contributed by atoms with E-state index >= 15 is 0 Å². The van der Waals surface area contributed by atoms with Gasteiger partial charge in [0.1, 0.15) is 11.5 Å². The molecule has 2 N–H and O–H groups in total. The quantitative estimate of drug-likeness (QED) is 0.118. The Hall–Kier alpha value is -7.39. The van der Waals surface area contributed by atoms with Crippen LogP contribution in [-0.4, -0.2) is 20.1 Å². The normalized spacial score (nSPS) is 11.8. The molecule has 0 radical (unpaired) electrons. The molecule has 0 aromatic heterocycles. The summed E-state index contributed by atoms with van der Waals surface area (Å²) in [5.74, 6) is 5.07. The summed E-state index contributed by atoms with van der Waals surface area (Å²) in [5, 5.41) is 0. The Kier molecular flexibility index (Phi) is 11.1. The Balaban J connectivity index is 0.000000608. The lowest BCUT2D eigenvalue weighted by molar-refractivity contribution is 0.410. The van der Waals surface area contributed by atoms with Crippen molar-refractivity contribution in [1.82, 2.24) is 0 Å². The lowest BCUT2D eigenvalue weighted by Gasteiger charge is -2.35. The average Bonchev–Trinajstić information content (AvgIpc) is 3.59. The van der Waals surface area contributed by atoms with Crippen molar-refractivity contribution in [2.24, 2.45) is 4.99 Å². The van der Waals surface area contributed by atoms with Gasteiger partial charge in [-0.05, 0) is 98.4 Å². The Morgan fingerprint density at radius 1 is 0.534 bits per heavy atom. The van der Waals surface area contributed by atoms with Crippen molar-refractivity contribution in [1.29, 1.82) is 0 Å². The largest absolute Gasteiger partial charge is 0.496 e. The van der Waals surface area contributed by atoms with Gasteiger partial charge in [0.2, 0.25) is 0 Å². The molecule has 0 heterocycles. The van der Waals surface area contributed by atoms with Crippen molar-refractivity contribution in [3.8, 4) is 22.6 Å². The summed E-state index contributed by atoms with van der Waals surface area (Å²) >= 11 is 0. The number of aliphatic imine (C=N–C) groups is 1. The molecule has 0 saturated carbocycles. The van der Waals surface area contributed by atoms with E-state index in [1.165, 1.54) is 33.4 Å². The van der Waals surface area contributed by atoms with E-state index in [0.29, 0.717) is 0 Å². The predicted octanol–water partition coefficient (Wildman–Crippen LogP) is 12.4. The molecule has 0 saturated heterocycles. The summed E-state index contributed by atoms with van der Waals surface area (Å²) in [7, 11) is 3.48. The van der Waals surface area contributed by atoms with E-state index in [4.69, 9.17) is 20.2 Å². The number of hydrogen-bond acceptors (Lipinski definition) is 4. The zero-order valence-corrected chi connectivity index (χ0v) is 32.7. The van der Waals surface area contributed by atoms with Gasteiger partial charge in [-0.15, -0.1) is 0 Å². The fourth-order valence-corrected chi connectivity index (χ4v) is 8.09. The topological polar surface area (TPSA) is 56.8 Å². The van der Waals surface area contributed by atoms with Gasteiger partial charge in [0.05, 0.1) is 30.9 Å². The smallest absolute Gasteiger partial charge is 0.127 e. The molecule has 0 unspecified atom stereocenters. The molecule has 282 valence electrons. The van der Waals surface area contributed by atoms with Crippen molar-refractivity contribution < 1.29 is 9.47 Å². The molecule has 0 fully saturated rings. The van der Waals surface area contributed by atoms with E-state index in [1.807, 2.05) is 78.9 Å². The summed E-state index contributed by atoms with van der Waals surface area (Å²) in [5.41, 5.74) is 18.8. The molecule has 9 rings (SSSR count). The van der Waals surface area contributed by atoms with Crippen LogP contribution in [0.4, 0.5) is 11.4 Å². The molecule has 0 amide bonds. The van der Waals surface area contributed by atoms with Crippen LogP contribution in [0, 0.1) is 0 Å². The highest BCUT2D eigenvalue weighted by Gasteiger charge is 2.46. The predicted molar refractivity (Wildman–Crippen MR) is 239 cm³/mol. The average molecular weight is 753 g/mol. The molecule has 8 aromatic rings. The number of methoxy groups -OCH3 is 2. The van der Waals surface area contributed by atoms with E-state index in [0.717, 1.165) is 57.1 Å². The monoisotopic (exact) mass is 752 g/mol. The van der Waals surface area contributed by atoms with Crippen LogP contribution in [0.2, 0.25) is 0 Å². The molecule has 0 aliphatic heterocycles. The number of benzene rings is 8. The van der Waals surface area contributed by atoms with Crippen LogP contribution in [0.1, 0.15) is 44.5 Å². The van der Waals surface area contributed by atoms with Gasteiger partial charge < -0.3 is 15.2 Å². The minimum Gasteiger partial charge on any atom is -0.496 e. The summed E-state index contributed by atoms with van der Waals surface area (Å²) in [4.78, 5) is 4.82. The first-order chi connectivity index (χ1) is 28.6. The van der Waals surface area contributed by atoms with Gasteiger partial charge >= 0.3 is 0 Å². The summed E-state index contributed by atoms with van der Waals surface area (Å²) in [6.45, 7) is 0. The van der Waals surface area contributed by atoms with Crippen molar-refractivity contribution in [2.45, 2.75) is 11.8 Å². The number of nitrogen functional groups attached to an aromatic ring is 1. The van der Waals surface area contributed by atoms with Crippen LogP contribution in [-0.2, 0) is 11.8 Å². The molecule has 8 aromatic carbocycles. The summed E-state index contributed by atoms with van der Waals surface area (Å²) in [6, 6.07) is 71.3. The van der Waals surface area contributed by atoms with Gasteiger partial charge in [0.15, 0.2) is 0 Å². The van der Waals surface area contributed by atoms with Crippen molar-refractivity contribution in [2.75, 3.05) is 20.0 Å². The van der Waals surface area contributed by atoms with Crippen molar-refractivity contribution in [3.63, 3.8) is 0 Å². The second-order valence-electron chi connectivity index (χ2n) is 14.2. The van der Waals surface area contributed by atoms with E-state index in [2.05, 4.69) is 133 Å². The maximum Gasteiger partial charge on any atom is 0.127 e. The third-order valence-corrected chi connectivity index (χ3v) is 10.7. The number of nitrogens with zero attached hydrogens (tertiary/aromatic N) is 1. The molecule has 1 aliphatic carbocycles. The number of para-hydroxylation sites is 2. The van der Waals surface area contributed by atoms with Crippen molar-refractivity contribution in [3.05, 3.63) is 251 Å². The summed E-state index contributed by atoms with van der Waals surface area (Å²) in [6.07, 6.45) is 0.752.